The maximum absolute atomic E-state index is 13.5. The molecule has 7 N–H and O–H groups in total. The molecule has 55 heavy (non-hydrogen) atoms. The maximum Gasteiger partial charge on any atom is 0.187 e. The Kier molecular flexibility index (Phi) is 11.8. The van der Waals surface area contributed by atoms with Gasteiger partial charge in [0.1, 0.15) is 66.1 Å². The van der Waals surface area contributed by atoms with Crippen LogP contribution in [-0.2, 0) is 23.7 Å². The van der Waals surface area contributed by atoms with Gasteiger partial charge in [0.15, 0.2) is 12.6 Å². The van der Waals surface area contributed by atoms with Gasteiger partial charge in [-0.2, -0.15) is 0 Å². The van der Waals surface area contributed by atoms with Crippen molar-refractivity contribution in [2.24, 2.45) is 34.5 Å². The maximum atomic E-state index is 13.5. The number of ketones is 1. The molecule has 0 radical (unpaired) electrons. The molecule has 0 bridgehead atoms. The van der Waals surface area contributed by atoms with Crippen LogP contribution < -0.4 is 9.47 Å². The highest BCUT2D eigenvalue weighted by Crippen LogP contribution is 2.69. The van der Waals surface area contributed by atoms with Gasteiger partial charge >= 0.3 is 0 Å². The number of allylic oxidation sites excluding steroid dienone is 1. The fourth-order valence-electron chi connectivity index (χ4n) is 11.8. The molecule has 1 aromatic carbocycles. The summed E-state index contributed by atoms with van der Waals surface area (Å²) in [5.41, 5.74) is 2.15. The number of methoxy groups -OCH3 is 2. The summed E-state index contributed by atoms with van der Waals surface area (Å²) in [5, 5.41) is 72.9. The zero-order valence-corrected chi connectivity index (χ0v) is 32.4. The molecular weight excluding hydrogens is 716 g/mol. The van der Waals surface area contributed by atoms with Crippen LogP contribution in [0.1, 0.15) is 77.2 Å². The second-order valence-electron chi connectivity index (χ2n) is 17.3. The fraction of sp³-hybridized carbons (Fsp3) is 0.780. The number of hydrogen-bond donors (Lipinski definition) is 7. The standard InChI is InChI=1S/C41H60O14/c1-19(44)31-25(24-15-21(50-4)7-9-28(24)51-5)16-27-23-8-6-20-14-22(10-12-40(20,2)26(23)11-13-41(27,31)3)52-38-36(49)34(47)37(30(18-43)54-38)55-39-35(48)33(46)32(45)29(17-42)53-39/h6-7,9,15,22-23,25-27,29-39,42-43,45-49H,8,10-14,16-18H2,1-5H3/t22?,23?,25?,26?,27?,29-,30-,31?,32-,33+,34-,35-,36-,37-,38?,39?,40?,41?/m1/s1. The predicted octanol–water partition coefficient (Wildman–Crippen LogP) is 1.57. The SMILES string of the molecule is COc1ccc(OC)c(C2CC3C4CC=C5CC(OC6O[C@H](CO)[C@@H](OC7O[C@H](CO)[C@@H](O)[C@H](O)[C@H]7O)[C@H](O)[C@H]6O)CCC5(C)C4CCC3(C)C2C(C)=O)c1. The zero-order valence-electron chi connectivity index (χ0n) is 32.4. The van der Waals surface area contributed by atoms with Crippen LogP contribution in [0, 0.1) is 34.5 Å². The third kappa shape index (κ3) is 6.96. The highest BCUT2D eigenvalue weighted by Gasteiger charge is 2.63. The van der Waals surface area contributed by atoms with Gasteiger partial charge < -0.3 is 64.2 Å². The summed E-state index contributed by atoms with van der Waals surface area (Å²) < 4.78 is 34.9. The molecular formula is C41H60O14. The van der Waals surface area contributed by atoms with Crippen molar-refractivity contribution >= 4 is 5.78 Å². The molecule has 10 unspecified atom stereocenters. The number of Topliss-reactive ketones (excluding diaryl/α,β-unsaturated/α-hetero) is 1. The van der Waals surface area contributed by atoms with Gasteiger partial charge in [-0.1, -0.05) is 25.5 Å². The third-order valence-corrected chi connectivity index (χ3v) is 14.7. The van der Waals surface area contributed by atoms with Crippen molar-refractivity contribution in [3.05, 3.63) is 35.4 Å². The Balaban J connectivity index is 1.04. The average Bonchev–Trinajstić information content (AvgIpc) is 3.50. The van der Waals surface area contributed by atoms with E-state index in [0.717, 1.165) is 49.2 Å². The van der Waals surface area contributed by atoms with Crippen molar-refractivity contribution in [2.45, 2.75) is 139 Å². The normalized spacial score (nSPS) is 46.9. The van der Waals surface area contributed by atoms with Crippen molar-refractivity contribution in [3.63, 3.8) is 0 Å². The van der Waals surface area contributed by atoms with E-state index in [-0.39, 0.29) is 34.6 Å². The van der Waals surface area contributed by atoms with Crippen LogP contribution in [0.3, 0.4) is 0 Å². The van der Waals surface area contributed by atoms with Crippen molar-refractivity contribution < 1.29 is 69.0 Å². The molecule has 0 aromatic heterocycles. The van der Waals surface area contributed by atoms with Gasteiger partial charge in [0.25, 0.3) is 0 Å². The first-order valence-electron chi connectivity index (χ1n) is 19.9. The van der Waals surface area contributed by atoms with Gasteiger partial charge in [0.05, 0.1) is 33.5 Å². The lowest BCUT2D eigenvalue weighted by Crippen LogP contribution is -2.65. The Morgan fingerprint density at radius 1 is 0.836 bits per heavy atom. The zero-order chi connectivity index (χ0) is 39.6. The number of ether oxygens (including phenoxy) is 6. The molecule has 7 rings (SSSR count). The van der Waals surface area contributed by atoms with Crippen molar-refractivity contribution in [3.8, 4) is 11.5 Å². The van der Waals surface area contributed by atoms with Crippen LogP contribution in [0.25, 0.3) is 0 Å². The highest BCUT2D eigenvalue weighted by molar-refractivity contribution is 5.81. The molecule has 2 aliphatic heterocycles. The number of carbonyl (C=O) groups is 1. The Hall–Kier alpha value is -2.21. The Morgan fingerprint density at radius 2 is 1.53 bits per heavy atom. The minimum Gasteiger partial charge on any atom is -0.497 e. The lowest BCUT2D eigenvalue weighted by molar-refractivity contribution is -0.363. The number of aliphatic hydroxyl groups is 7. The average molecular weight is 777 g/mol. The summed E-state index contributed by atoms with van der Waals surface area (Å²) in [6.45, 7) is 5.15. The summed E-state index contributed by atoms with van der Waals surface area (Å²) in [7, 11) is 3.33. The summed E-state index contributed by atoms with van der Waals surface area (Å²) >= 11 is 0. The van der Waals surface area contributed by atoms with Crippen LogP contribution >= 0.6 is 0 Å². The molecule has 3 saturated carbocycles. The molecule has 1 aromatic rings. The number of aliphatic hydroxyl groups excluding tert-OH is 7. The largest absolute Gasteiger partial charge is 0.497 e. The number of carbonyl (C=O) groups excluding carboxylic acids is 1. The summed E-state index contributed by atoms with van der Waals surface area (Å²) in [5.74, 6) is 2.87. The minimum absolute atomic E-state index is 0.0286. The van der Waals surface area contributed by atoms with Gasteiger partial charge in [-0.25, -0.2) is 0 Å². The van der Waals surface area contributed by atoms with Gasteiger partial charge in [-0.15, -0.1) is 0 Å². The van der Waals surface area contributed by atoms with Crippen LogP contribution in [-0.4, -0.2) is 136 Å². The molecule has 18 atom stereocenters. The van der Waals surface area contributed by atoms with Gasteiger partial charge in [0, 0.05) is 11.5 Å². The van der Waals surface area contributed by atoms with E-state index in [2.05, 4.69) is 19.9 Å². The molecule has 14 nitrogen and oxygen atoms in total. The first-order chi connectivity index (χ1) is 26.2. The van der Waals surface area contributed by atoms with Crippen molar-refractivity contribution in [1.82, 2.24) is 0 Å². The molecule has 2 saturated heterocycles. The van der Waals surface area contributed by atoms with E-state index in [9.17, 15) is 40.5 Å². The summed E-state index contributed by atoms with van der Waals surface area (Å²) in [6, 6.07) is 5.88. The van der Waals surface area contributed by atoms with Crippen LogP contribution in [0.5, 0.6) is 11.5 Å². The van der Waals surface area contributed by atoms with Gasteiger partial charge in [-0.05, 0) is 105 Å². The molecule has 4 aliphatic carbocycles. The lowest BCUT2D eigenvalue weighted by atomic mass is 9.47. The van der Waals surface area contributed by atoms with E-state index >= 15 is 0 Å². The van der Waals surface area contributed by atoms with Crippen molar-refractivity contribution in [1.29, 1.82) is 0 Å². The van der Waals surface area contributed by atoms with Crippen LogP contribution in [0.4, 0.5) is 0 Å². The lowest BCUT2D eigenvalue weighted by Gasteiger charge is -2.58. The van der Waals surface area contributed by atoms with E-state index in [0.29, 0.717) is 30.6 Å². The van der Waals surface area contributed by atoms with E-state index in [1.165, 1.54) is 5.57 Å². The quantitative estimate of drug-likeness (QED) is 0.168. The molecule has 6 aliphatic rings. The number of benzene rings is 1. The monoisotopic (exact) mass is 776 g/mol. The predicted molar refractivity (Wildman–Crippen MR) is 195 cm³/mol. The van der Waals surface area contributed by atoms with E-state index in [4.69, 9.17) is 28.4 Å². The van der Waals surface area contributed by atoms with Crippen molar-refractivity contribution in [2.75, 3.05) is 27.4 Å². The second-order valence-corrected chi connectivity index (χ2v) is 17.3. The topological polar surface area (TPSA) is 214 Å². The highest BCUT2D eigenvalue weighted by atomic mass is 16.7. The summed E-state index contributed by atoms with van der Waals surface area (Å²) in [4.78, 5) is 13.5. The molecule has 2 heterocycles. The molecule has 5 fully saturated rings. The number of rotatable bonds is 10. The Morgan fingerprint density at radius 3 is 2.20 bits per heavy atom. The Labute approximate surface area is 322 Å². The second kappa shape index (κ2) is 15.9. The Bertz CT molecular complexity index is 1570. The smallest absolute Gasteiger partial charge is 0.187 e. The first-order valence-corrected chi connectivity index (χ1v) is 19.9. The van der Waals surface area contributed by atoms with Gasteiger partial charge in [-0.3, -0.25) is 4.79 Å². The fourth-order valence-corrected chi connectivity index (χ4v) is 11.8. The van der Waals surface area contributed by atoms with Crippen LogP contribution in [0.2, 0.25) is 0 Å². The first kappa shape index (κ1) is 41.0. The number of hydrogen-bond acceptors (Lipinski definition) is 14. The summed E-state index contributed by atoms with van der Waals surface area (Å²) in [6.07, 6.45) is -6.96. The van der Waals surface area contributed by atoms with E-state index < -0.39 is 74.6 Å². The van der Waals surface area contributed by atoms with E-state index in [1.807, 2.05) is 18.2 Å². The molecule has 0 amide bonds. The third-order valence-electron chi connectivity index (χ3n) is 14.7. The molecule has 0 spiro atoms. The molecule has 308 valence electrons. The molecule has 14 heteroatoms. The number of fused-ring (bicyclic) bond motifs is 5. The van der Waals surface area contributed by atoms with Gasteiger partial charge in [0.2, 0.25) is 0 Å². The van der Waals surface area contributed by atoms with Crippen LogP contribution in [0.15, 0.2) is 29.8 Å². The van der Waals surface area contributed by atoms with E-state index in [1.54, 1.807) is 21.1 Å². The minimum atomic E-state index is -1.74.